The van der Waals surface area contributed by atoms with E-state index in [0.717, 1.165) is 0 Å². The van der Waals surface area contributed by atoms with Crippen LogP contribution in [0.4, 0.5) is 0 Å². The molecule has 1 aliphatic rings. The van der Waals surface area contributed by atoms with Gasteiger partial charge in [0.05, 0.1) is 24.1 Å². The van der Waals surface area contributed by atoms with Gasteiger partial charge in [-0.25, -0.2) is 0 Å². The monoisotopic (exact) mass is 149 g/mol. The third kappa shape index (κ3) is 1.38. The summed E-state index contributed by atoms with van der Waals surface area (Å²) in [5.41, 5.74) is 0. The fraction of sp³-hybridized carbons (Fsp3) is 0.800. The van der Waals surface area contributed by atoms with Gasteiger partial charge >= 0.3 is 0 Å². The summed E-state index contributed by atoms with van der Waals surface area (Å²) in [5, 5.41) is 26.2. The Balaban J connectivity index is 2.41. The average molecular weight is 149 g/mol. The molecule has 1 saturated heterocycles. The molecule has 4 heteroatoms. The van der Waals surface area contributed by atoms with Crippen LogP contribution in [0.25, 0.3) is 0 Å². The second kappa shape index (κ2) is 2.88. The summed E-state index contributed by atoms with van der Waals surface area (Å²) in [6, 6.07) is 0. The molecular formula is C5H9O3S. The molecule has 0 aromatic carbocycles. The molecule has 1 fully saturated rings. The summed E-state index contributed by atoms with van der Waals surface area (Å²) in [5.74, 6) is 1.53. The van der Waals surface area contributed by atoms with Gasteiger partial charge in [-0.05, 0) is 0 Å². The molecule has 3 nitrogen and oxygen atoms in total. The van der Waals surface area contributed by atoms with Gasteiger partial charge in [-0.3, -0.25) is 0 Å². The minimum absolute atomic E-state index is 0.0839. The zero-order chi connectivity index (χ0) is 6.85. The summed E-state index contributed by atoms with van der Waals surface area (Å²) in [6.45, 7) is -0.0839. The van der Waals surface area contributed by atoms with Crippen LogP contribution in [-0.4, -0.2) is 39.4 Å². The molecule has 0 aromatic heterocycles. The van der Waals surface area contributed by atoms with Crippen molar-refractivity contribution >= 4 is 11.8 Å². The van der Waals surface area contributed by atoms with E-state index in [1.165, 1.54) is 17.5 Å². The van der Waals surface area contributed by atoms with Crippen molar-refractivity contribution in [3.05, 3.63) is 5.75 Å². The van der Waals surface area contributed by atoms with Crippen molar-refractivity contribution in [3.8, 4) is 0 Å². The molecule has 3 N–H and O–H groups in total. The second-order valence-corrected chi connectivity index (χ2v) is 3.12. The maximum Gasteiger partial charge on any atom is 0.0951 e. The molecule has 0 saturated carbocycles. The van der Waals surface area contributed by atoms with Crippen LogP contribution < -0.4 is 0 Å². The lowest BCUT2D eigenvalue weighted by atomic mass is 10.2. The number of aliphatic hydroxyl groups is 3. The first-order valence-corrected chi connectivity index (χ1v) is 3.66. The standard InChI is InChI=1S/C5H9O3S/c6-1-4-5(8)3(7)2-9-4/h2-8H,1H2/t3-,4+,5-/m0/s1. The van der Waals surface area contributed by atoms with Gasteiger partial charge in [-0.1, -0.05) is 0 Å². The van der Waals surface area contributed by atoms with E-state index in [0.29, 0.717) is 0 Å². The predicted molar refractivity (Wildman–Crippen MR) is 34.8 cm³/mol. The summed E-state index contributed by atoms with van der Waals surface area (Å²) in [4.78, 5) is 0. The van der Waals surface area contributed by atoms with Crippen LogP contribution in [0.15, 0.2) is 0 Å². The van der Waals surface area contributed by atoms with E-state index in [1.807, 2.05) is 0 Å². The van der Waals surface area contributed by atoms with Crippen LogP contribution in [0.1, 0.15) is 0 Å². The van der Waals surface area contributed by atoms with Gasteiger partial charge in [0.1, 0.15) is 0 Å². The van der Waals surface area contributed by atoms with E-state index in [-0.39, 0.29) is 11.9 Å². The molecule has 0 unspecified atom stereocenters. The smallest absolute Gasteiger partial charge is 0.0951 e. The number of hydrogen-bond acceptors (Lipinski definition) is 4. The van der Waals surface area contributed by atoms with Gasteiger partial charge in [0.2, 0.25) is 0 Å². The van der Waals surface area contributed by atoms with Crippen molar-refractivity contribution < 1.29 is 15.3 Å². The minimum atomic E-state index is -0.792. The minimum Gasteiger partial charge on any atom is -0.395 e. The van der Waals surface area contributed by atoms with Gasteiger partial charge in [0.15, 0.2) is 0 Å². The Hall–Kier alpha value is 0.230. The van der Waals surface area contributed by atoms with Gasteiger partial charge in [-0.15, -0.1) is 11.8 Å². The lowest BCUT2D eigenvalue weighted by Crippen LogP contribution is -2.30. The lowest BCUT2D eigenvalue weighted by molar-refractivity contribution is 0.0406. The van der Waals surface area contributed by atoms with E-state index in [9.17, 15) is 0 Å². The van der Waals surface area contributed by atoms with Crippen LogP contribution in [0.2, 0.25) is 0 Å². The summed E-state index contributed by atoms with van der Waals surface area (Å²) >= 11 is 1.28. The normalized spacial score (nSPS) is 43.7. The van der Waals surface area contributed by atoms with E-state index in [1.54, 1.807) is 0 Å². The molecule has 0 amide bonds. The zero-order valence-electron chi connectivity index (χ0n) is 4.77. The first kappa shape index (κ1) is 7.34. The molecular weight excluding hydrogens is 140 g/mol. The van der Waals surface area contributed by atoms with E-state index in [4.69, 9.17) is 15.3 Å². The fourth-order valence-electron chi connectivity index (χ4n) is 0.713. The summed E-state index contributed by atoms with van der Waals surface area (Å²) in [7, 11) is 0. The highest BCUT2D eigenvalue weighted by Gasteiger charge is 2.33. The van der Waals surface area contributed by atoms with E-state index < -0.39 is 12.2 Å². The molecule has 1 radical (unpaired) electrons. The largest absolute Gasteiger partial charge is 0.395 e. The number of thioether (sulfide) groups is 1. The highest BCUT2D eigenvalue weighted by atomic mass is 32.2. The van der Waals surface area contributed by atoms with Crippen molar-refractivity contribution in [2.45, 2.75) is 17.5 Å². The van der Waals surface area contributed by atoms with Crippen molar-refractivity contribution in [1.29, 1.82) is 0 Å². The van der Waals surface area contributed by atoms with Crippen molar-refractivity contribution in [3.63, 3.8) is 0 Å². The molecule has 1 rings (SSSR count). The first-order chi connectivity index (χ1) is 4.25. The van der Waals surface area contributed by atoms with Crippen LogP contribution in [0, 0.1) is 5.75 Å². The number of hydrogen-bond donors (Lipinski definition) is 3. The molecule has 1 aliphatic heterocycles. The van der Waals surface area contributed by atoms with Crippen molar-refractivity contribution in [1.82, 2.24) is 0 Å². The molecule has 0 spiro atoms. The van der Waals surface area contributed by atoms with Crippen molar-refractivity contribution in [2.24, 2.45) is 0 Å². The van der Waals surface area contributed by atoms with E-state index in [2.05, 4.69) is 0 Å². The van der Waals surface area contributed by atoms with E-state index >= 15 is 0 Å². The SMILES string of the molecule is OC[C@H]1S[CH][C@H](O)[C@@H]1O. The highest BCUT2D eigenvalue weighted by Crippen LogP contribution is 2.30. The Morgan fingerprint density at radius 1 is 1.44 bits per heavy atom. The van der Waals surface area contributed by atoms with Crippen LogP contribution in [0.3, 0.4) is 0 Å². The Labute approximate surface area is 57.7 Å². The van der Waals surface area contributed by atoms with Crippen LogP contribution in [0.5, 0.6) is 0 Å². The maximum absolute atomic E-state index is 9.00. The first-order valence-electron chi connectivity index (χ1n) is 2.71. The van der Waals surface area contributed by atoms with Crippen LogP contribution in [-0.2, 0) is 0 Å². The molecule has 0 aliphatic carbocycles. The van der Waals surface area contributed by atoms with Crippen molar-refractivity contribution in [2.75, 3.05) is 6.61 Å². The topological polar surface area (TPSA) is 60.7 Å². The molecule has 1 heterocycles. The third-order valence-electron chi connectivity index (χ3n) is 1.30. The van der Waals surface area contributed by atoms with Gasteiger partial charge in [0, 0.05) is 5.75 Å². The highest BCUT2D eigenvalue weighted by molar-refractivity contribution is 8.02. The molecule has 0 aromatic rings. The van der Waals surface area contributed by atoms with Gasteiger partial charge < -0.3 is 15.3 Å². The van der Waals surface area contributed by atoms with Crippen LogP contribution >= 0.6 is 11.8 Å². The fourth-order valence-corrected chi connectivity index (χ4v) is 1.65. The number of rotatable bonds is 1. The molecule has 0 bridgehead atoms. The summed E-state index contributed by atoms with van der Waals surface area (Å²) < 4.78 is 0. The lowest BCUT2D eigenvalue weighted by Gasteiger charge is -2.10. The molecule has 3 atom stereocenters. The molecule has 9 heavy (non-hydrogen) atoms. The average Bonchev–Trinajstić information content (AvgIpc) is 2.15. The van der Waals surface area contributed by atoms with Gasteiger partial charge in [0.25, 0.3) is 0 Å². The maximum atomic E-state index is 9.00. The third-order valence-corrected chi connectivity index (χ3v) is 2.52. The zero-order valence-corrected chi connectivity index (χ0v) is 5.58. The quantitative estimate of drug-likeness (QED) is 0.446. The second-order valence-electron chi connectivity index (χ2n) is 1.97. The molecule has 53 valence electrons. The number of aliphatic hydroxyl groups excluding tert-OH is 3. The predicted octanol–water partition coefficient (Wildman–Crippen LogP) is -1.02. The Morgan fingerprint density at radius 2 is 2.11 bits per heavy atom. The Bertz CT molecular complexity index is 98.2. The summed E-state index contributed by atoms with van der Waals surface area (Å²) in [6.07, 6.45) is -1.56. The van der Waals surface area contributed by atoms with Gasteiger partial charge in [-0.2, -0.15) is 0 Å². The Morgan fingerprint density at radius 3 is 2.33 bits per heavy atom. The Kier molecular flexibility index (Phi) is 2.35.